The summed E-state index contributed by atoms with van der Waals surface area (Å²) < 4.78 is 1.86. The molecule has 0 fully saturated rings. The summed E-state index contributed by atoms with van der Waals surface area (Å²) in [6.45, 7) is 0.327. The Kier molecular flexibility index (Phi) is 4.27. The van der Waals surface area contributed by atoms with Crippen molar-refractivity contribution in [1.29, 1.82) is 5.26 Å². The topological polar surface area (TPSA) is 84.7 Å². The van der Waals surface area contributed by atoms with Gasteiger partial charge in [0.1, 0.15) is 5.02 Å². The number of fused-ring (bicyclic) bond motifs is 1. The Labute approximate surface area is 142 Å². The number of rotatable bonds is 4. The average Bonchev–Trinajstić information content (AvgIpc) is 2.98. The molecule has 0 aliphatic carbocycles. The van der Waals surface area contributed by atoms with Gasteiger partial charge in [0.05, 0.1) is 34.9 Å². The molecule has 0 atom stereocenters. The van der Waals surface area contributed by atoms with E-state index < -0.39 is 4.92 Å². The highest BCUT2D eigenvalue weighted by Crippen LogP contribution is 2.26. The fourth-order valence-corrected chi connectivity index (χ4v) is 2.58. The van der Waals surface area contributed by atoms with Gasteiger partial charge in [-0.25, -0.2) is 4.98 Å². The van der Waals surface area contributed by atoms with Gasteiger partial charge >= 0.3 is 0 Å². The summed E-state index contributed by atoms with van der Waals surface area (Å²) in [6.07, 6.45) is 3.28. The molecule has 0 saturated carbocycles. The third-order valence-corrected chi connectivity index (χ3v) is 3.84. The molecule has 0 spiro atoms. The molecule has 2 aromatic carbocycles. The van der Waals surface area contributed by atoms with Crippen molar-refractivity contribution in [3.8, 4) is 6.07 Å². The van der Waals surface area contributed by atoms with Crippen LogP contribution in [0.5, 0.6) is 0 Å². The Hall–Kier alpha value is -3.17. The smallest absolute Gasteiger partial charge is 0.288 e. The molecule has 0 N–H and O–H groups in total. The van der Waals surface area contributed by atoms with Crippen LogP contribution < -0.4 is 0 Å². The summed E-state index contributed by atoms with van der Waals surface area (Å²) >= 11 is 5.80. The quantitative estimate of drug-likeness (QED) is 0.405. The normalized spacial score (nSPS) is 11.4. The average molecular weight is 339 g/mol. The highest BCUT2D eigenvalue weighted by molar-refractivity contribution is 6.32. The standard InChI is InChI=1S/C17H11ClN4O2/c18-14-6-5-12(8-17(14)22(23)24)7-13(9-19)10-21-11-20-15-3-1-2-4-16(15)21/h1-8,11H,10H2/b13-7-. The van der Waals surface area contributed by atoms with E-state index in [0.29, 0.717) is 17.7 Å². The molecular formula is C17H11ClN4O2. The van der Waals surface area contributed by atoms with Crippen LogP contribution in [0.4, 0.5) is 5.69 Å². The molecule has 0 radical (unpaired) electrons. The van der Waals surface area contributed by atoms with Gasteiger partial charge in [-0.15, -0.1) is 0 Å². The van der Waals surface area contributed by atoms with Gasteiger partial charge < -0.3 is 4.57 Å². The number of nitro groups is 1. The number of halogens is 1. The van der Waals surface area contributed by atoms with Crippen LogP contribution in [0, 0.1) is 21.4 Å². The number of imidazole rings is 1. The molecule has 0 unspecified atom stereocenters. The number of nitriles is 1. The maximum atomic E-state index is 11.0. The number of nitrogens with zero attached hydrogens (tertiary/aromatic N) is 4. The van der Waals surface area contributed by atoms with Crippen LogP contribution in [0.25, 0.3) is 17.1 Å². The molecule has 0 bridgehead atoms. The zero-order chi connectivity index (χ0) is 17.1. The van der Waals surface area contributed by atoms with Gasteiger partial charge in [-0.2, -0.15) is 5.26 Å². The molecule has 7 heteroatoms. The van der Waals surface area contributed by atoms with Crippen molar-refractivity contribution in [2.75, 3.05) is 0 Å². The molecule has 6 nitrogen and oxygen atoms in total. The molecule has 1 aromatic heterocycles. The second kappa shape index (κ2) is 6.52. The van der Waals surface area contributed by atoms with Gasteiger partial charge in [0, 0.05) is 11.6 Å². The van der Waals surface area contributed by atoms with Crippen molar-refractivity contribution < 1.29 is 4.92 Å². The fourth-order valence-electron chi connectivity index (χ4n) is 2.39. The van der Waals surface area contributed by atoms with Crippen LogP contribution in [-0.2, 0) is 6.54 Å². The predicted molar refractivity (Wildman–Crippen MR) is 91.4 cm³/mol. The molecular weight excluding hydrogens is 328 g/mol. The van der Waals surface area contributed by atoms with E-state index in [1.54, 1.807) is 18.5 Å². The molecule has 118 valence electrons. The van der Waals surface area contributed by atoms with Gasteiger partial charge in [-0.3, -0.25) is 10.1 Å². The first kappa shape index (κ1) is 15.7. The first-order chi connectivity index (χ1) is 11.6. The van der Waals surface area contributed by atoms with Crippen LogP contribution in [0.15, 0.2) is 54.4 Å². The van der Waals surface area contributed by atoms with E-state index in [-0.39, 0.29) is 10.7 Å². The maximum Gasteiger partial charge on any atom is 0.288 e. The zero-order valence-electron chi connectivity index (χ0n) is 12.4. The van der Waals surface area contributed by atoms with Crippen LogP contribution in [0.2, 0.25) is 5.02 Å². The van der Waals surface area contributed by atoms with Crippen LogP contribution in [-0.4, -0.2) is 14.5 Å². The maximum absolute atomic E-state index is 11.0. The van der Waals surface area contributed by atoms with E-state index in [2.05, 4.69) is 11.1 Å². The third kappa shape index (κ3) is 3.12. The number of benzene rings is 2. The first-order valence-corrected chi connectivity index (χ1v) is 7.41. The third-order valence-electron chi connectivity index (χ3n) is 3.52. The number of nitro benzene ring substituents is 1. The van der Waals surface area contributed by atoms with Crippen molar-refractivity contribution >= 4 is 34.4 Å². The van der Waals surface area contributed by atoms with E-state index in [9.17, 15) is 15.4 Å². The minimum absolute atomic E-state index is 0.0660. The van der Waals surface area contributed by atoms with Gasteiger partial charge in [-0.05, 0) is 29.8 Å². The van der Waals surface area contributed by atoms with E-state index in [1.807, 2.05) is 28.8 Å². The summed E-state index contributed by atoms with van der Waals surface area (Å²) in [5.74, 6) is 0. The van der Waals surface area contributed by atoms with Crippen molar-refractivity contribution in [3.63, 3.8) is 0 Å². The summed E-state index contributed by atoms with van der Waals surface area (Å²) in [7, 11) is 0. The lowest BCUT2D eigenvalue weighted by atomic mass is 10.1. The van der Waals surface area contributed by atoms with E-state index in [0.717, 1.165) is 11.0 Å². The Morgan fingerprint density at radius 2 is 2.17 bits per heavy atom. The van der Waals surface area contributed by atoms with Crippen LogP contribution >= 0.6 is 11.6 Å². The van der Waals surface area contributed by atoms with Crippen LogP contribution in [0.3, 0.4) is 0 Å². The Morgan fingerprint density at radius 3 is 2.92 bits per heavy atom. The summed E-state index contributed by atoms with van der Waals surface area (Å²) in [5, 5.41) is 20.4. The molecule has 0 aliphatic rings. The lowest BCUT2D eigenvalue weighted by Crippen LogP contribution is -1.98. The Balaban J connectivity index is 1.94. The van der Waals surface area contributed by atoms with Crippen molar-refractivity contribution in [2.45, 2.75) is 6.54 Å². The summed E-state index contributed by atoms with van der Waals surface area (Å²) in [5.41, 5.74) is 2.58. The summed E-state index contributed by atoms with van der Waals surface area (Å²) in [6, 6.07) is 14.2. The Morgan fingerprint density at radius 1 is 1.38 bits per heavy atom. The lowest BCUT2D eigenvalue weighted by molar-refractivity contribution is -0.384. The Bertz CT molecular complexity index is 1000. The number of hydrogen-bond donors (Lipinski definition) is 0. The number of allylic oxidation sites excluding steroid dienone is 1. The molecule has 1 heterocycles. The minimum Gasteiger partial charge on any atom is -0.325 e. The van der Waals surface area contributed by atoms with Crippen molar-refractivity contribution in [2.24, 2.45) is 0 Å². The predicted octanol–water partition coefficient (Wildman–Crippen LogP) is 4.21. The number of hydrogen-bond acceptors (Lipinski definition) is 4. The molecule has 24 heavy (non-hydrogen) atoms. The lowest BCUT2D eigenvalue weighted by Gasteiger charge is -2.04. The minimum atomic E-state index is -0.547. The second-order valence-corrected chi connectivity index (χ2v) is 5.52. The largest absolute Gasteiger partial charge is 0.325 e. The number of para-hydroxylation sites is 2. The van der Waals surface area contributed by atoms with Gasteiger partial charge in [0.15, 0.2) is 0 Å². The van der Waals surface area contributed by atoms with Crippen LogP contribution in [0.1, 0.15) is 5.56 Å². The number of aromatic nitrogens is 2. The fraction of sp³-hybridized carbons (Fsp3) is 0.0588. The zero-order valence-corrected chi connectivity index (χ0v) is 13.1. The molecule has 3 rings (SSSR count). The monoisotopic (exact) mass is 338 g/mol. The van der Waals surface area contributed by atoms with Gasteiger partial charge in [0.2, 0.25) is 0 Å². The highest BCUT2D eigenvalue weighted by atomic mass is 35.5. The highest BCUT2D eigenvalue weighted by Gasteiger charge is 2.12. The van der Waals surface area contributed by atoms with Crippen molar-refractivity contribution in [1.82, 2.24) is 9.55 Å². The molecule has 0 saturated heterocycles. The van der Waals surface area contributed by atoms with E-state index in [4.69, 9.17) is 11.6 Å². The van der Waals surface area contributed by atoms with Crippen molar-refractivity contribution in [3.05, 3.63) is 75.1 Å². The van der Waals surface area contributed by atoms with E-state index in [1.165, 1.54) is 12.1 Å². The van der Waals surface area contributed by atoms with Gasteiger partial charge in [0.25, 0.3) is 5.69 Å². The molecule has 3 aromatic rings. The second-order valence-electron chi connectivity index (χ2n) is 5.11. The van der Waals surface area contributed by atoms with Gasteiger partial charge in [-0.1, -0.05) is 29.8 Å². The first-order valence-electron chi connectivity index (χ1n) is 7.03. The SMILES string of the molecule is N#C/C(=C/c1ccc(Cl)c([N+](=O)[O-])c1)Cn1cnc2ccccc21. The van der Waals surface area contributed by atoms with E-state index >= 15 is 0 Å². The molecule has 0 amide bonds. The molecule has 0 aliphatic heterocycles. The summed E-state index contributed by atoms with van der Waals surface area (Å²) in [4.78, 5) is 14.7.